The lowest BCUT2D eigenvalue weighted by molar-refractivity contribution is -0.138. The SMILES string of the molecule is CCC1=C(C)C(Cc2[nH]c(Cc3[nH]c(C[C@H]4N[C@H](O)[C@H](C)[C@H]4CC)c(C)c3CCC(=O)O)c(CCC(=O)O)c2C)=NC1=O. The summed E-state index contributed by atoms with van der Waals surface area (Å²) in [6.07, 6.45) is 3.31. The number of allylic oxidation sites excluding steroid dienone is 1. The monoisotopic (exact) mass is 594 g/mol. The van der Waals surface area contributed by atoms with E-state index in [-0.39, 0.29) is 30.7 Å². The number of aromatic amines is 2. The first-order valence-electron chi connectivity index (χ1n) is 15.4. The lowest BCUT2D eigenvalue weighted by Crippen LogP contribution is -2.33. The van der Waals surface area contributed by atoms with Gasteiger partial charge in [-0.15, -0.1) is 0 Å². The molecule has 43 heavy (non-hydrogen) atoms. The second kappa shape index (κ2) is 13.4. The van der Waals surface area contributed by atoms with E-state index in [9.17, 15) is 29.7 Å². The number of nitrogens with one attached hydrogen (secondary N) is 3. The zero-order valence-electron chi connectivity index (χ0n) is 26.2. The van der Waals surface area contributed by atoms with Crippen LogP contribution in [0.4, 0.5) is 0 Å². The number of carboxylic acid groups (broad SMARTS) is 2. The average Bonchev–Trinajstić information content (AvgIpc) is 3.59. The van der Waals surface area contributed by atoms with Gasteiger partial charge in [-0.1, -0.05) is 27.2 Å². The molecule has 10 heteroatoms. The Morgan fingerprint density at radius 2 is 1.42 bits per heavy atom. The van der Waals surface area contributed by atoms with Crippen LogP contribution in [0.5, 0.6) is 0 Å². The summed E-state index contributed by atoms with van der Waals surface area (Å²) in [5, 5.41) is 32.8. The average molecular weight is 595 g/mol. The first-order valence-corrected chi connectivity index (χ1v) is 15.4. The lowest BCUT2D eigenvalue weighted by atomic mass is 9.86. The van der Waals surface area contributed by atoms with Crippen LogP contribution < -0.4 is 5.32 Å². The summed E-state index contributed by atoms with van der Waals surface area (Å²) in [6.45, 7) is 12.1. The van der Waals surface area contributed by atoms with E-state index in [1.807, 2.05) is 27.7 Å². The zero-order valence-corrected chi connectivity index (χ0v) is 26.2. The van der Waals surface area contributed by atoms with Gasteiger partial charge >= 0.3 is 11.9 Å². The largest absolute Gasteiger partial charge is 0.481 e. The van der Waals surface area contributed by atoms with Crippen molar-refractivity contribution in [2.45, 2.75) is 112 Å². The number of carbonyl (C=O) groups is 3. The van der Waals surface area contributed by atoms with Crippen molar-refractivity contribution in [1.29, 1.82) is 0 Å². The molecule has 10 nitrogen and oxygen atoms in total. The topological polar surface area (TPSA) is 168 Å². The van der Waals surface area contributed by atoms with Crippen LogP contribution in [0.15, 0.2) is 16.1 Å². The maximum atomic E-state index is 12.4. The van der Waals surface area contributed by atoms with E-state index < -0.39 is 18.2 Å². The first-order chi connectivity index (χ1) is 20.4. The minimum atomic E-state index is -0.878. The normalized spacial score (nSPS) is 22.1. The van der Waals surface area contributed by atoms with Gasteiger partial charge in [0, 0.05) is 66.5 Å². The Bertz CT molecular complexity index is 1460. The van der Waals surface area contributed by atoms with Crippen LogP contribution in [0.2, 0.25) is 0 Å². The van der Waals surface area contributed by atoms with Crippen molar-refractivity contribution in [3.63, 3.8) is 0 Å². The third-order valence-electron chi connectivity index (χ3n) is 9.72. The van der Waals surface area contributed by atoms with Gasteiger partial charge in [-0.2, -0.15) is 0 Å². The molecule has 0 saturated carbocycles. The highest BCUT2D eigenvalue weighted by molar-refractivity contribution is 6.19. The van der Waals surface area contributed by atoms with Crippen LogP contribution in [0, 0.1) is 25.7 Å². The van der Waals surface area contributed by atoms with E-state index in [1.54, 1.807) is 0 Å². The molecule has 2 aromatic heterocycles. The lowest BCUT2D eigenvalue weighted by Gasteiger charge is -2.20. The van der Waals surface area contributed by atoms with Gasteiger partial charge in [-0.25, -0.2) is 4.99 Å². The number of aliphatic imine (C=N–C) groups is 1. The Balaban J connectivity index is 1.70. The van der Waals surface area contributed by atoms with Crippen LogP contribution in [-0.4, -0.2) is 61.1 Å². The molecular formula is C33H46N4O6. The molecule has 0 radical (unpaired) electrons. The van der Waals surface area contributed by atoms with E-state index in [0.717, 1.165) is 68.3 Å². The predicted molar refractivity (Wildman–Crippen MR) is 164 cm³/mol. The van der Waals surface area contributed by atoms with Crippen molar-refractivity contribution in [3.8, 4) is 0 Å². The van der Waals surface area contributed by atoms with Crippen LogP contribution in [0.25, 0.3) is 0 Å². The number of hydrogen-bond acceptors (Lipinski definition) is 5. The smallest absolute Gasteiger partial charge is 0.303 e. The van der Waals surface area contributed by atoms with Gasteiger partial charge < -0.3 is 25.3 Å². The number of carboxylic acids is 2. The number of carbonyl (C=O) groups excluding carboxylic acids is 1. The highest BCUT2D eigenvalue weighted by Gasteiger charge is 2.38. The molecule has 4 atom stereocenters. The Morgan fingerprint density at radius 3 is 1.93 bits per heavy atom. The highest BCUT2D eigenvalue weighted by atomic mass is 16.4. The summed E-state index contributed by atoms with van der Waals surface area (Å²) in [5.74, 6) is -1.48. The van der Waals surface area contributed by atoms with Gasteiger partial charge in [-0.3, -0.25) is 19.7 Å². The Morgan fingerprint density at radius 1 is 0.860 bits per heavy atom. The Hall–Kier alpha value is -3.50. The summed E-state index contributed by atoms with van der Waals surface area (Å²) < 4.78 is 0. The van der Waals surface area contributed by atoms with E-state index >= 15 is 0 Å². The molecule has 0 aromatic carbocycles. The summed E-state index contributed by atoms with van der Waals surface area (Å²) >= 11 is 0. The minimum Gasteiger partial charge on any atom is -0.481 e. The Kier molecular flexibility index (Phi) is 10.1. The van der Waals surface area contributed by atoms with Crippen LogP contribution >= 0.6 is 0 Å². The van der Waals surface area contributed by atoms with E-state index in [1.165, 1.54) is 0 Å². The number of aliphatic carboxylic acids is 2. The standard InChI is InChI=1S/C33H46N4O6/c1-7-20-19(6)32(42)37-27(20)14-25-18(5)23(10-12-31(40)41)29(35-25)15-28-22(9-11-30(38)39)17(4)24(34-28)13-26-16(3)21(8-2)33(43)36-26/h19-20,27,32,34-35,37,42H,7-15H2,1-6H3,(H,38,39)(H,40,41)/t19-,20-,27-,32-/m1/s1. The van der Waals surface area contributed by atoms with E-state index in [4.69, 9.17) is 0 Å². The molecule has 0 unspecified atom stereocenters. The van der Waals surface area contributed by atoms with Gasteiger partial charge in [0.05, 0.1) is 5.71 Å². The van der Waals surface area contributed by atoms with Crippen molar-refractivity contribution in [3.05, 3.63) is 56.2 Å². The summed E-state index contributed by atoms with van der Waals surface area (Å²) in [5.41, 5.74) is 9.97. The highest BCUT2D eigenvalue weighted by Crippen LogP contribution is 2.33. The van der Waals surface area contributed by atoms with Gasteiger partial charge in [-0.05, 0) is 79.7 Å². The molecule has 2 aromatic rings. The van der Waals surface area contributed by atoms with Crippen molar-refractivity contribution in [1.82, 2.24) is 15.3 Å². The predicted octanol–water partition coefficient (Wildman–Crippen LogP) is 4.33. The number of rotatable bonds is 14. The molecule has 4 rings (SSSR count). The second-order valence-corrected chi connectivity index (χ2v) is 12.2. The second-order valence-electron chi connectivity index (χ2n) is 12.2. The van der Waals surface area contributed by atoms with E-state index in [2.05, 4.69) is 34.1 Å². The van der Waals surface area contributed by atoms with Crippen molar-refractivity contribution < 1.29 is 29.7 Å². The summed E-state index contributed by atoms with van der Waals surface area (Å²) in [6, 6.07) is 0.0946. The molecule has 1 saturated heterocycles. The zero-order chi connectivity index (χ0) is 31.6. The number of aliphatic hydroxyl groups is 1. The number of H-pyrrole nitrogens is 2. The Labute approximate surface area is 253 Å². The minimum absolute atomic E-state index is 0.000245. The molecule has 1 fully saturated rings. The first kappa shape index (κ1) is 32.4. The molecular weight excluding hydrogens is 548 g/mol. The number of hydrogen-bond donors (Lipinski definition) is 6. The molecule has 1 amide bonds. The molecule has 234 valence electrons. The van der Waals surface area contributed by atoms with Gasteiger partial charge in [0.25, 0.3) is 5.91 Å². The summed E-state index contributed by atoms with van der Waals surface area (Å²) in [7, 11) is 0. The molecule has 2 aliphatic rings. The quantitative estimate of drug-likeness (QED) is 0.189. The summed E-state index contributed by atoms with van der Waals surface area (Å²) in [4.78, 5) is 47.0. The van der Waals surface area contributed by atoms with Crippen molar-refractivity contribution in [2.75, 3.05) is 0 Å². The maximum absolute atomic E-state index is 12.4. The number of aliphatic hydroxyl groups excluding tert-OH is 1. The molecule has 6 N–H and O–H groups in total. The molecule has 2 aliphatic heterocycles. The fourth-order valence-corrected chi connectivity index (χ4v) is 7.07. The van der Waals surface area contributed by atoms with Crippen LogP contribution in [0.1, 0.15) is 98.4 Å². The van der Waals surface area contributed by atoms with Gasteiger partial charge in [0.1, 0.15) is 6.23 Å². The third kappa shape index (κ3) is 6.86. The van der Waals surface area contributed by atoms with Gasteiger partial charge in [0.15, 0.2) is 0 Å². The maximum Gasteiger partial charge on any atom is 0.303 e. The van der Waals surface area contributed by atoms with Gasteiger partial charge in [0.2, 0.25) is 0 Å². The number of nitrogens with zero attached hydrogens (tertiary/aromatic N) is 1. The van der Waals surface area contributed by atoms with E-state index in [0.29, 0.717) is 44.4 Å². The van der Waals surface area contributed by atoms with Crippen molar-refractivity contribution in [2.24, 2.45) is 16.8 Å². The molecule has 0 bridgehead atoms. The third-order valence-corrected chi connectivity index (χ3v) is 9.72. The fourth-order valence-electron chi connectivity index (χ4n) is 7.07. The number of amides is 1. The fraction of sp³-hybridized carbons (Fsp3) is 0.576. The molecule has 0 spiro atoms. The molecule has 4 heterocycles. The van der Waals surface area contributed by atoms with Crippen LogP contribution in [0.3, 0.4) is 0 Å². The van der Waals surface area contributed by atoms with Crippen molar-refractivity contribution >= 4 is 23.6 Å². The number of aromatic nitrogens is 2. The van der Waals surface area contributed by atoms with Crippen LogP contribution in [-0.2, 0) is 46.5 Å². The molecule has 0 aliphatic carbocycles.